The van der Waals surface area contributed by atoms with E-state index < -0.39 is 4.92 Å². The van der Waals surface area contributed by atoms with Gasteiger partial charge in [0.2, 0.25) is 0 Å². The molecule has 1 aliphatic rings. The maximum Gasteiger partial charge on any atom is 0.269 e. The minimum absolute atomic E-state index is 0.0632. The number of para-hydroxylation sites is 1. The van der Waals surface area contributed by atoms with Gasteiger partial charge in [0.1, 0.15) is 11.5 Å². The molecule has 7 heteroatoms. The van der Waals surface area contributed by atoms with Gasteiger partial charge in [-0.25, -0.2) is 9.38 Å². The van der Waals surface area contributed by atoms with E-state index in [1.807, 2.05) is 5.38 Å². The van der Waals surface area contributed by atoms with Gasteiger partial charge in [-0.2, -0.15) is 0 Å². The van der Waals surface area contributed by atoms with E-state index in [9.17, 15) is 14.5 Å². The summed E-state index contributed by atoms with van der Waals surface area (Å²) >= 11 is 1.45. The Bertz CT molecular complexity index is 1000. The van der Waals surface area contributed by atoms with E-state index in [1.54, 1.807) is 30.3 Å². The summed E-state index contributed by atoms with van der Waals surface area (Å²) in [5.41, 5.74) is 2.23. The third kappa shape index (κ3) is 3.10. The van der Waals surface area contributed by atoms with E-state index >= 15 is 0 Å². The van der Waals surface area contributed by atoms with Crippen LogP contribution in [0.5, 0.6) is 0 Å². The Balaban J connectivity index is 1.81. The lowest BCUT2D eigenvalue weighted by molar-refractivity contribution is -0.384. The molecule has 0 amide bonds. The average molecular weight is 355 g/mol. The van der Waals surface area contributed by atoms with Crippen molar-refractivity contribution in [3.63, 3.8) is 0 Å². The Labute approximate surface area is 146 Å². The molecule has 2 aromatic carbocycles. The predicted octanol–water partition coefficient (Wildman–Crippen LogP) is 4.83. The normalized spacial score (nSPS) is 14.7. The molecule has 0 N–H and O–H groups in total. The number of halogens is 1. The third-order valence-electron chi connectivity index (χ3n) is 4.10. The number of nitro groups is 1. The van der Waals surface area contributed by atoms with E-state index in [1.165, 1.54) is 29.5 Å². The lowest BCUT2D eigenvalue weighted by atomic mass is 10.1. The van der Waals surface area contributed by atoms with E-state index in [-0.39, 0.29) is 11.5 Å². The number of rotatable bonds is 4. The summed E-state index contributed by atoms with van der Waals surface area (Å²) in [6.45, 7) is 0. The number of benzene rings is 2. The second kappa shape index (κ2) is 6.25. The van der Waals surface area contributed by atoms with Crippen molar-refractivity contribution in [2.75, 3.05) is 0 Å². The molecule has 25 heavy (non-hydrogen) atoms. The summed E-state index contributed by atoms with van der Waals surface area (Å²) < 4.78 is 16.0. The molecule has 0 radical (unpaired) electrons. The minimum Gasteiger partial charge on any atom is -0.313 e. The van der Waals surface area contributed by atoms with Crippen molar-refractivity contribution in [1.29, 1.82) is 0 Å². The molecular weight excluding hydrogens is 341 g/mol. The van der Waals surface area contributed by atoms with Crippen molar-refractivity contribution < 1.29 is 9.31 Å². The first kappa shape index (κ1) is 15.7. The van der Waals surface area contributed by atoms with Gasteiger partial charge in [0.25, 0.3) is 5.69 Å². The quantitative estimate of drug-likeness (QED) is 0.497. The number of nitro benzene ring substituents is 1. The molecule has 1 aliphatic carbocycles. The zero-order valence-corrected chi connectivity index (χ0v) is 13.9. The molecule has 1 aromatic heterocycles. The van der Waals surface area contributed by atoms with Gasteiger partial charge in [-0.3, -0.25) is 10.1 Å². The van der Waals surface area contributed by atoms with E-state index in [0.29, 0.717) is 11.7 Å². The van der Waals surface area contributed by atoms with E-state index in [0.717, 1.165) is 28.9 Å². The van der Waals surface area contributed by atoms with Crippen molar-refractivity contribution >= 4 is 22.7 Å². The number of thiazole rings is 1. The molecule has 3 aromatic rings. The van der Waals surface area contributed by atoms with Crippen LogP contribution >= 0.6 is 11.3 Å². The van der Waals surface area contributed by atoms with Crippen LogP contribution in [0.2, 0.25) is 0 Å². The van der Waals surface area contributed by atoms with E-state index in [4.69, 9.17) is 0 Å². The highest BCUT2D eigenvalue weighted by Crippen LogP contribution is 2.38. The number of hydrogen-bond donors (Lipinski definition) is 0. The zero-order valence-electron chi connectivity index (χ0n) is 13.1. The van der Waals surface area contributed by atoms with Crippen LogP contribution in [-0.4, -0.2) is 9.49 Å². The first-order valence-corrected chi connectivity index (χ1v) is 8.75. The molecule has 5 nitrogen and oxygen atoms in total. The van der Waals surface area contributed by atoms with Gasteiger partial charge < -0.3 is 4.57 Å². The van der Waals surface area contributed by atoms with Crippen LogP contribution < -0.4 is 4.80 Å². The molecule has 0 saturated heterocycles. The van der Waals surface area contributed by atoms with Gasteiger partial charge >= 0.3 is 0 Å². The van der Waals surface area contributed by atoms with Gasteiger partial charge in [-0.15, -0.1) is 11.3 Å². The first-order valence-electron chi connectivity index (χ1n) is 7.87. The van der Waals surface area contributed by atoms with E-state index in [2.05, 4.69) is 9.56 Å². The van der Waals surface area contributed by atoms with Crippen LogP contribution in [0.15, 0.2) is 58.9 Å². The number of aromatic nitrogens is 1. The minimum atomic E-state index is -0.411. The number of non-ortho nitro benzene ring substituents is 1. The molecule has 4 rings (SSSR count). The number of nitrogens with zero attached hydrogens (tertiary/aromatic N) is 3. The van der Waals surface area contributed by atoms with Gasteiger partial charge in [0.15, 0.2) is 4.80 Å². The smallest absolute Gasteiger partial charge is 0.269 e. The van der Waals surface area contributed by atoms with Crippen LogP contribution in [0, 0.1) is 15.9 Å². The standard InChI is InChI=1S/C18H14FN3O2S/c19-15-3-1-2-4-16(15)20-18-21(13-9-10-13)17(11-25-18)12-5-7-14(8-6-12)22(23)24/h1-8,11,13H,9-10H2. The van der Waals surface area contributed by atoms with Crippen LogP contribution in [0.4, 0.5) is 15.8 Å². The monoisotopic (exact) mass is 355 g/mol. The van der Waals surface area contributed by atoms with Crippen LogP contribution in [0.25, 0.3) is 11.3 Å². The second-order valence-electron chi connectivity index (χ2n) is 5.87. The van der Waals surface area contributed by atoms with Crippen molar-refractivity contribution in [1.82, 2.24) is 4.57 Å². The summed E-state index contributed by atoms with van der Waals surface area (Å²) in [6.07, 6.45) is 2.11. The maximum atomic E-state index is 13.9. The Morgan fingerprint density at radius 1 is 1.16 bits per heavy atom. The fraction of sp³-hybridized carbons (Fsp3) is 0.167. The number of hydrogen-bond acceptors (Lipinski definition) is 4. The van der Waals surface area contributed by atoms with Gasteiger partial charge in [0, 0.05) is 23.6 Å². The first-order chi connectivity index (χ1) is 12.1. The summed E-state index contributed by atoms with van der Waals surface area (Å²) in [5.74, 6) is -0.352. The van der Waals surface area contributed by atoms with Gasteiger partial charge in [-0.1, -0.05) is 12.1 Å². The SMILES string of the molecule is O=[N+]([O-])c1ccc(-c2csc(=Nc3ccccc3F)n2C2CC2)cc1. The molecule has 0 spiro atoms. The largest absolute Gasteiger partial charge is 0.313 e. The van der Waals surface area contributed by atoms with Crippen LogP contribution in [0.1, 0.15) is 18.9 Å². The fourth-order valence-corrected chi connectivity index (χ4v) is 3.68. The Hall–Kier alpha value is -2.80. The molecule has 0 bridgehead atoms. The van der Waals surface area contributed by atoms with Crippen LogP contribution in [0.3, 0.4) is 0 Å². The Morgan fingerprint density at radius 3 is 2.52 bits per heavy atom. The zero-order chi connectivity index (χ0) is 17.4. The Morgan fingerprint density at radius 2 is 1.88 bits per heavy atom. The molecule has 126 valence electrons. The van der Waals surface area contributed by atoms with Gasteiger partial charge in [-0.05, 0) is 42.7 Å². The topological polar surface area (TPSA) is 60.4 Å². The van der Waals surface area contributed by atoms with Crippen LogP contribution in [-0.2, 0) is 0 Å². The van der Waals surface area contributed by atoms with Crippen molar-refractivity contribution in [3.05, 3.63) is 74.6 Å². The maximum absolute atomic E-state index is 13.9. The summed E-state index contributed by atoms with van der Waals surface area (Å²) in [6, 6.07) is 13.3. The molecule has 0 aliphatic heterocycles. The third-order valence-corrected chi connectivity index (χ3v) is 4.94. The average Bonchev–Trinajstić information content (AvgIpc) is 3.37. The predicted molar refractivity (Wildman–Crippen MR) is 94.3 cm³/mol. The van der Waals surface area contributed by atoms with Crippen molar-refractivity contribution in [3.8, 4) is 11.3 Å². The molecular formula is C18H14FN3O2S. The lowest BCUT2D eigenvalue weighted by Crippen LogP contribution is -2.14. The molecule has 1 fully saturated rings. The summed E-state index contributed by atoms with van der Waals surface area (Å²) in [7, 11) is 0. The van der Waals surface area contributed by atoms with Gasteiger partial charge in [0.05, 0.1) is 10.6 Å². The molecule has 1 saturated carbocycles. The molecule has 1 heterocycles. The second-order valence-corrected chi connectivity index (χ2v) is 6.71. The lowest BCUT2D eigenvalue weighted by Gasteiger charge is -2.07. The van der Waals surface area contributed by atoms with Crippen molar-refractivity contribution in [2.45, 2.75) is 18.9 Å². The highest BCUT2D eigenvalue weighted by atomic mass is 32.1. The highest BCUT2D eigenvalue weighted by molar-refractivity contribution is 7.07. The van der Waals surface area contributed by atoms with Crippen molar-refractivity contribution in [2.24, 2.45) is 4.99 Å². The highest BCUT2D eigenvalue weighted by Gasteiger charge is 2.27. The summed E-state index contributed by atoms with van der Waals surface area (Å²) in [5, 5.41) is 12.8. The molecule has 0 atom stereocenters. The Kier molecular flexibility index (Phi) is 3.93. The molecule has 0 unspecified atom stereocenters. The fourth-order valence-electron chi connectivity index (χ4n) is 2.70. The summed E-state index contributed by atoms with van der Waals surface area (Å²) in [4.78, 5) is 15.6.